The molecular formula is C14H15NO2. The molecule has 1 aromatic carbocycles. The van der Waals surface area contributed by atoms with E-state index in [0.29, 0.717) is 12.5 Å². The molecule has 0 amide bonds. The van der Waals surface area contributed by atoms with Gasteiger partial charge in [0.1, 0.15) is 0 Å². The van der Waals surface area contributed by atoms with Gasteiger partial charge in [0.15, 0.2) is 0 Å². The number of rotatable bonds is 5. The van der Waals surface area contributed by atoms with Gasteiger partial charge in [-0.25, -0.2) is 4.98 Å². The number of aliphatic hydroxyl groups excluding tert-OH is 1. The standard InChI is InChI=1S/C14H15NO2/c16-11-13-6-7-14(15-10-13)17-9-8-12-4-2-1-3-5-12/h1-7,10,16H,8-9,11H2. The van der Waals surface area contributed by atoms with Gasteiger partial charge in [0.25, 0.3) is 0 Å². The number of pyridine rings is 1. The highest BCUT2D eigenvalue weighted by Crippen LogP contribution is 2.08. The normalized spacial score (nSPS) is 10.2. The molecule has 2 aromatic rings. The zero-order valence-electron chi connectivity index (χ0n) is 9.54. The van der Waals surface area contributed by atoms with Gasteiger partial charge in [0.2, 0.25) is 5.88 Å². The van der Waals surface area contributed by atoms with Crippen molar-refractivity contribution in [2.75, 3.05) is 6.61 Å². The van der Waals surface area contributed by atoms with E-state index in [-0.39, 0.29) is 6.61 Å². The average Bonchev–Trinajstić information content (AvgIpc) is 2.41. The van der Waals surface area contributed by atoms with Crippen molar-refractivity contribution in [2.24, 2.45) is 0 Å². The molecular weight excluding hydrogens is 214 g/mol. The van der Waals surface area contributed by atoms with Gasteiger partial charge in [-0.3, -0.25) is 0 Å². The van der Waals surface area contributed by atoms with E-state index in [1.54, 1.807) is 12.3 Å². The molecule has 0 fully saturated rings. The van der Waals surface area contributed by atoms with E-state index in [9.17, 15) is 0 Å². The summed E-state index contributed by atoms with van der Waals surface area (Å²) < 4.78 is 5.52. The summed E-state index contributed by atoms with van der Waals surface area (Å²) in [5.41, 5.74) is 2.04. The third kappa shape index (κ3) is 3.57. The first-order chi connectivity index (χ1) is 8.38. The predicted octanol–water partition coefficient (Wildman–Crippen LogP) is 2.20. The van der Waals surface area contributed by atoms with Gasteiger partial charge < -0.3 is 9.84 Å². The van der Waals surface area contributed by atoms with E-state index in [1.165, 1.54) is 5.56 Å². The SMILES string of the molecule is OCc1ccc(OCCc2ccccc2)nc1. The molecule has 0 unspecified atom stereocenters. The van der Waals surface area contributed by atoms with Crippen molar-refractivity contribution in [3.63, 3.8) is 0 Å². The minimum atomic E-state index is 0.0112. The van der Waals surface area contributed by atoms with Gasteiger partial charge in [0, 0.05) is 18.7 Å². The van der Waals surface area contributed by atoms with Gasteiger partial charge in [-0.2, -0.15) is 0 Å². The van der Waals surface area contributed by atoms with E-state index in [1.807, 2.05) is 24.3 Å². The van der Waals surface area contributed by atoms with Gasteiger partial charge in [-0.1, -0.05) is 30.3 Å². The first kappa shape index (κ1) is 11.6. The lowest BCUT2D eigenvalue weighted by Crippen LogP contribution is -2.02. The molecule has 1 N–H and O–H groups in total. The van der Waals surface area contributed by atoms with Crippen LogP contribution in [0.5, 0.6) is 5.88 Å². The second kappa shape index (κ2) is 6.01. The summed E-state index contributed by atoms with van der Waals surface area (Å²) in [6, 6.07) is 13.8. The Morgan fingerprint density at radius 3 is 2.47 bits per heavy atom. The molecule has 0 aliphatic heterocycles. The molecule has 0 radical (unpaired) electrons. The minimum absolute atomic E-state index is 0.0112. The molecule has 0 aliphatic rings. The Hall–Kier alpha value is -1.87. The fourth-order valence-corrected chi connectivity index (χ4v) is 1.51. The molecule has 0 atom stereocenters. The van der Waals surface area contributed by atoms with Crippen LogP contribution in [0.3, 0.4) is 0 Å². The molecule has 17 heavy (non-hydrogen) atoms. The molecule has 0 spiro atoms. The summed E-state index contributed by atoms with van der Waals surface area (Å²) in [5, 5.41) is 8.87. The van der Waals surface area contributed by atoms with Gasteiger partial charge in [0.05, 0.1) is 13.2 Å². The number of hydrogen-bond acceptors (Lipinski definition) is 3. The molecule has 3 heteroatoms. The molecule has 0 saturated carbocycles. The second-order valence-corrected chi connectivity index (χ2v) is 3.75. The maximum atomic E-state index is 8.87. The first-order valence-electron chi connectivity index (χ1n) is 5.61. The fourth-order valence-electron chi connectivity index (χ4n) is 1.51. The highest BCUT2D eigenvalue weighted by Gasteiger charge is 1.97. The summed E-state index contributed by atoms with van der Waals surface area (Å²) in [6.45, 7) is 0.618. The smallest absolute Gasteiger partial charge is 0.213 e. The Morgan fingerprint density at radius 2 is 1.82 bits per heavy atom. The van der Waals surface area contributed by atoms with Crippen LogP contribution in [-0.2, 0) is 13.0 Å². The van der Waals surface area contributed by atoms with Crippen LogP contribution in [0, 0.1) is 0 Å². The van der Waals surface area contributed by atoms with Crippen molar-refractivity contribution in [1.82, 2.24) is 4.98 Å². The van der Waals surface area contributed by atoms with E-state index in [2.05, 4.69) is 17.1 Å². The van der Waals surface area contributed by atoms with Crippen LogP contribution >= 0.6 is 0 Å². The van der Waals surface area contributed by atoms with Crippen LogP contribution in [0.4, 0.5) is 0 Å². The molecule has 0 aliphatic carbocycles. The van der Waals surface area contributed by atoms with Gasteiger partial charge >= 0.3 is 0 Å². The highest BCUT2D eigenvalue weighted by molar-refractivity contribution is 5.18. The molecule has 3 nitrogen and oxygen atoms in total. The van der Waals surface area contributed by atoms with Crippen molar-refractivity contribution in [1.29, 1.82) is 0 Å². The average molecular weight is 229 g/mol. The molecule has 1 aromatic heterocycles. The first-order valence-corrected chi connectivity index (χ1v) is 5.61. The maximum absolute atomic E-state index is 8.87. The zero-order chi connectivity index (χ0) is 11.9. The number of aromatic nitrogens is 1. The molecule has 0 saturated heterocycles. The Labute approximate surface area is 101 Å². The Kier molecular flexibility index (Phi) is 4.11. The van der Waals surface area contributed by atoms with Crippen LogP contribution < -0.4 is 4.74 Å². The lowest BCUT2D eigenvalue weighted by Gasteiger charge is -2.05. The van der Waals surface area contributed by atoms with Crippen LogP contribution in [0.2, 0.25) is 0 Å². The minimum Gasteiger partial charge on any atom is -0.477 e. The van der Waals surface area contributed by atoms with Crippen molar-refractivity contribution in [3.8, 4) is 5.88 Å². The Morgan fingerprint density at radius 1 is 1.00 bits per heavy atom. The predicted molar refractivity (Wildman–Crippen MR) is 65.8 cm³/mol. The van der Waals surface area contributed by atoms with Crippen LogP contribution in [0.1, 0.15) is 11.1 Å². The van der Waals surface area contributed by atoms with E-state index in [0.717, 1.165) is 12.0 Å². The molecule has 2 rings (SSSR count). The molecule has 0 bridgehead atoms. The summed E-state index contributed by atoms with van der Waals surface area (Å²) in [5.74, 6) is 0.595. The summed E-state index contributed by atoms with van der Waals surface area (Å²) in [7, 11) is 0. The van der Waals surface area contributed by atoms with Crippen LogP contribution in [0.15, 0.2) is 48.7 Å². The maximum Gasteiger partial charge on any atom is 0.213 e. The van der Waals surface area contributed by atoms with Crippen LogP contribution in [-0.4, -0.2) is 16.7 Å². The van der Waals surface area contributed by atoms with E-state index < -0.39 is 0 Å². The Balaban J connectivity index is 1.82. The fraction of sp³-hybridized carbons (Fsp3) is 0.214. The number of hydrogen-bond donors (Lipinski definition) is 1. The molecule has 1 heterocycles. The van der Waals surface area contributed by atoms with Gasteiger partial charge in [-0.05, 0) is 17.2 Å². The summed E-state index contributed by atoms with van der Waals surface area (Å²) >= 11 is 0. The summed E-state index contributed by atoms with van der Waals surface area (Å²) in [6.07, 6.45) is 2.49. The largest absolute Gasteiger partial charge is 0.477 e. The van der Waals surface area contributed by atoms with Crippen molar-refractivity contribution < 1.29 is 9.84 Å². The van der Waals surface area contributed by atoms with E-state index in [4.69, 9.17) is 9.84 Å². The third-order valence-electron chi connectivity index (χ3n) is 2.46. The molecule has 88 valence electrons. The van der Waals surface area contributed by atoms with Crippen LogP contribution in [0.25, 0.3) is 0 Å². The third-order valence-corrected chi connectivity index (χ3v) is 2.46. The number of ether oxygens (including phenoxy) is 1. The number of aliphatic hydroxyl groups is 1. The van der Waals surface area contributed by atoms with Crippen molar-refractivity contribution in [2.45, 2.75) is 13.0 Å². The van der Waals surface area contributed by atoms with E-state index >= 15 is 0 Å². The monoisotopic (exact) mass is 229 g/mol. The van der Waals surface area contributed by atoms with Gasteiger partial charge in [-0.15, -0.1) is 0 Å². The number of nitrogens with zero attached hydrogens (tertiary/aromatic N) is 1. The zero-order valence-corrected chi connectivity index (χ0v) is 9.54. The summed E-state index contributed by atoms with van der Waals surface area (Å²) in [4.78, 5) is 4.10. The highest BCUT2D eigenvalue weighted by atomic mass is 16.5. The topological polar surface area (TPSA) is 42.4 Å². The lowest BCUT2D eigenvalue weighted by molar-refractivity contribution is 0.279. The second-order valence-electron chi connectivity index (χ2n) is 3.75. The Bertz CT molecular complexity index is 440. The number of benzene rings is 1. The van der Waals surface area contributed by atoms with Crippen molar-refractivity contribution in [3.05, 3.63) is 59.8 Å². The lowest BCUT2D eigenvalue weighted by atomic mass is 10.2. The van der Waals surface area contributed by atoms with Crippen molar-refractivity contribution >= 4 is 0 Å². The quantitative estimate of drug-likeness (QED) is 0.854.